The Hall–Kier alpha value is -0.200. The van der Waals surface area contributed by atoms with Crippen molar-refractivity contribution in [3.63, 3.8) is 0 Å². The van der Waals surface area contributed by atoms with Crippen LogP contribution in [0.15, 0.2) is 0 Å². The lowest BCUT2D eigenvalue weighted by Crippen LogP contribution is -2.44. The lowest BCUT2D eigenvalue weighted by Gasteiger charge is -2.33. The fourth-order valence-electron chi connectivity index (χ4n) is 3.36. The van der Waals surface area contributed by atoms with Crippen molar-refractivity contribution >= 4 is 0 Å². The first-order chi connectivity index (χ1) is 12.2. The summed E-state index contributed by atoms with van der Waals surface area (Å²) in [5, 5.41) is 0. The van der Waals surface area contributed by atoms with Crippen molar-refractivity contribution in [3.05, 3.63) is 0 Å². The van der Waals surface area contributed by atoms with E-state index >= 15 is 0 Å². The zero-order chi connectivity index (χ0) is 18.8. The van der Waals surface area contributed by atoms with Crippen molar-refractivity contribution in [2.45, 2.75) is 77.7 Å². The van der Waals surface area contributed by atoms with E-state index in [2.05, 4.69) is 23.6 Å². The minimum absolute atomic E-state index is 0.552. The molecule has 5 heteroatoms. The molecule has 5 nitrogen and oxygen atoms in total. The quantitative estimate of drug-likeness (QED) is 0.309. The highest BCUT2D eigenvalue weighted by atomic mass is 15.2. The molecule has 0 bridgehead atoms. The molecule has 0 spiro atoms. The van der Waals surface area contributed by atoms with E-state index in [0.717, 1.165) is 65.1 Å². The fourth-order valence-corrected chi connectivity index (χ4v) is 3.36. The maximum atomic E-state index is 5.74. The number of nitrogens with two attached hydrogens (primary N) is 3. The molecular formula is C20H47N5. The summed E-state index contributed by atoms with van der Waals surface area (Å²) in [6.45, 7) is 12.6. The molecule has 25 heavy (non-hydrogen) atoms. The average Bonchev–Trinajstić information content (AvgIpc) is 2.62. The van der Waals surface area contributed by atoms with Gasteiger partial charge in [0.15, 0.2) is 0 Å². The van der Waals surface area contributed by atoms with Gasteiger partial charge < -0.3 is 22.1 Å². The molecule has 1 atom stereocenters. The summed E-state index contributed by atoms with van der Waals surface area (Å²) < 4.78 is 0. The Morgan fingerprint density at radius 1 is 0.640 bits per heavy atom. The first-order valence-corrected chi connectivity index (χ1v) is 10.8. The average molecular weight is 358 g/mol. The van der Waals surface area contributed by atoms with Crippen LogP contribution in [0.3, 0.4) is 0 Å². The highest BCUT2D eigenvalue weighted by molar-refractivity contribution is 4.73. The molecule has 0 fully saturated rings. The van der Waals surface area contributed by atoms with Gasteiger partial charge in [0.05, 0.1) is 0 Å². The Kier molecular flexibility index (Phi) is 18.4. The summed E-state index contributed by atoms with van der Waals surface area (Å²) in [6.07, 6.45) is 11.4. The maximum Gasteiger partial charge on any atom is 0.0194 e. The Labute approximate surface area is 157 Å². The van der Waals surface area contributed by atoms with Gasteiger partial charge in [-0.1, -0.05) is 39.0 Å². The van der Waals surface area contributed by atoms with Crippen LogP contribution in [0.1, 0.15) is 71.6 Å². The number of hydrogen-bond donors (Lipinski definition) is 3. The molecule has 0 aromatic rings. The van der Waals surface area contributed by atoms with Crippen LogP contribution >= 0.6 is 0 Å². The molecule has 1 unspecified atom stereocenters. The number of nitrogens with zero attached hydrogens (tertiary/aromatic N) is 2. The van der Waals surface area contributed by atoms with Crippen LogP contribution in [-0.4, -0.2) is 68.2 Å². The van der Waals surface area contributed by atoms with Crippen molar-refractivity contribution < 1.29 is 0 Å². The first-order valence-electron chi connectivity index (χ1n) is 10.8. The standard InChI is InChI=1S/C20H47N5/c1-3-4-5-6-7-8-15-24(16-9-12-21)19-20(2)25(17-10-13-22)18-11-14-23/h20H,3-19,21-23H2,1-2H3. The molecule has 0 amide bonds. The molecule has 0 heterocycles. The predicted octanol–water partition coefficient (Wildman–Crippen LogP) is 2.39. The molecular weight excluding hydrogens is 310 g/mol. The van der Waals surface area contributed by atoms with Gasteiger partial charge in [-0.25, -0.2) is 0 Å². The SMILES string of the molecule is CCCCCCCCN(CCCN)CC(C)N(CCCN)CCCN. The van der Waals surface area contributed by atoms with E-state index in [1.165, 1.54) is 45.1 Å². The van der Waals surface area contributed by atoms with Gasteiger partial charge >= 0.3 is 0 Å². The smallest absolute Gasteiger partial charge is 0.0194 e. The molecule has 6 N–H and O–H groups in total. The van der Waals surface area contributed by atoms with Crippen LogP contribution in [0, 0.1) is 0 Å². The summed E-state index contributed by atoms with van der Waals surface area (Å²) in [7, 11) is 0. The van der Waals surface area contributed by atoms with E-state index in [1.54, 1.807) is 0 Å². The van der Waals surface area contributed by atoms with Gasteiger partial charge in [0.2, 0.25) is 0 Å². The third-order valence-electron chi connectivity index (χ3n) is 4.95. The summed E-state index contributed by atoms with van der Waals surface area (Å²) >= 11 is 0. The minimum Gasteiger partial charge on any atom is -0.330 e. The van der Waals surface area contributed by atoms with Gasteiger partial charge in [0.25, 0.3) is 0 Å². The van der Waals surface area contributed by atoms with Crippen LogP contribution in [0.2, 0.25) is 0 Å². The normalized spacial score (nSPS) is 13.1. The number of rotatable bonds is 19. The molecule has 0 aromatic heterocycles. The maximum absolute atomic E-state index is 5.74. The second-order valence-electron chi connectivity index (χ2n) is 7.38. The van der Waals surface area contributed by atoms with Gasteiger partial charge in [0, 0.05) is 12.6 Å². The zero-order valence-corrected chi connectivity index (χ0v) is 17.2. The Balaban J connectivity index is 4.31. The van der Waals surface area contributed by atoms with E-state index < -0.39 is 0 Å². The van der Waals surface area contributed by atoms with Gasteiger partial charge in [-0.05, 0) is 78.4 Å². The van der Waals surface area contributed by atoms with Crippen molar-refractivity contribution in [2.75, 3.05) is 52.4 Å². The Bertz CT molecular complexity index is 254. The second-order valence-corrected chi connectivity index (χ2v) is 7.38. The molecule has 0 rings (SSSR count). The Morgan fingerprint density at radius 3 is 1.68 bits per heavy atom. The molecule has 152 valence electrons. The van der Waals surface area contributed by atoms with Crippen LogP contribution in [0.4, 0.5) is 0 Å². The van der Waals surface area contributed by atoms with Crippen molar-refractivity contribution in [2.24, 2.45) is 17.2 Å². The monoisotopic (exact) mass is 357 g/mol. The number of hydrogen-bond acceptors (Lipinski definition) is 5. The van der Waals surface area contributed by atoms with Crippen molar-refractivity contribution in [1.82, 2.24) is 9.80 Å². The summed E-state index contributed by atoms with van der Waals surface area (Å²) in [5.74, 6) is 0. The van der Waals surface area contributed by atoms with Crippen LogP contribution in [0.25, 0.3) is 0 Å². The van der Waals surface area contributed by atoms with Crippen molar-refractivity contribution in [3.8, 4) is 0 Å². The molecule has 0 aromatic carbocycles. The molecule has 0 aliphatic heterocycles. The van der Waals surface area contributed by atoms with Gasteiger partial charge in [-0.15, -0.1) is 0 Å². The van der Waals surface area contributed by atoms with Crippen molar-refractivity contribution in [1.29, 1.82) is 0 Å². The van der Waals surface area contributed by atoms with E-state index in [1.807, 2.05) is 0 Å². The second kappa shape index (κ2) is 18.6. The topological polar surface area (TPSA) is 84.5 Å². The molecule has 0 aliphatic rings. The fraction of sp³-hybridized carbons (Fsp3) is 1.00. The lowest BCUT2D eigenvalue weighted by molar-refractivity contribution is 0.144. The van der Waals surface area contributed by atoms with Crippen LogP contribution in [0.5, 0.6) is 0 Å². The van der Waals surface area contributed by atoms with E-state index in [4.69, 9.17) is 17.2 Å². The van der Waals surface area contributed by atoms with Crippen LogP contribution < -0.4 is 17.2 Å². The number of unbranched alkanes of at least 4 members (excludes halogenated alkanes) is 5. The summed E-state index contributed by atoms with van der Waals surface area (Å²) in [5.41, 5.74) is 17.2. The third kappa shape index (κ3) is 14.6. The van der Waals surface area contributed by atoms with Gasteiger partial charge in [-0.2, -0.15) is 0 Å². The molecule has 0 saturated carbocycles. The Morgan fingerprint density at radius 2 is 1.12 bits per heavy atom. The van der Waals surface area contributed by atoms with E-state index in [0.29, 0.717) is 6.04 Å². The third-order valence-corrected chi connectivity index (χ3v) is 4.95. The molecule has 0 saturated heterocycles. The zero-order valence-electron chi connectivity index (χ0n) is 17.2. The highest BCUT2D eigenvalue weighted by Gasteiger charge is 2.16. The van der Waals surface area contributed by atoms with E-state index in [-0.39, 0.29) is 0 Å². The lowest BCUT2D eigenvalue weighted by atomic mass is 10.1. The molecule has 0 radical (unpaired) electrons. The van der Waals surface area contributed by atoms with Gasteiger partial charge in [-0.3, -0.25) is 4.90 Å². The first kappa shape index (κ1) is 24.8. The predicted molar refractivity (Wildman–Crippen MR) is 112 cm³/mol. The van der Waals surface area contributed by atoms with E-state index in [9.17, 15) is 0 Å². The summed E-state index contributed by atoms with van der Waals surface area (Å²) in [6, 6.07) is 0.552. The minimum atomic E-state index is 0.552. The highest BCUT2D eigenvalue weighted by Crippen LogP contribution is 2.09. The van der Waals surface area contributed by atoms with Gasteiger partial charge in [0.1, 0.15) is 0 Å². The largest absolute Gasteiger partial charge is 0.330 e. The molecule has 0 aliphatic carbocycles. The van der Waals surface area contributed by atoms with Crippen LogP contribution in [-0.2, 0) is 0 Å². The summed E-state index contributed by atoms with van der Waals surface area (Å²) in [4.78, 5) is 5.19.